The third kappa shape index (κ3) is 2.88. The van der Waals surface area contributed by atoms with E-state index in [1.165, 1.54) is 37.7 Å². The van der Waals surface area contributed by atoms with Crippen molar-refractivity contribution in [1.82, 2.24) is 5.32 Å². The summed E-state index contributed by atoms with van der Waals surface area (Å²) < 4.78 is 5.24. The summed E-state index contributed by atoms with van der Waals surface area (Å²) in [6.07, 6.45) is 10.6. The van der Waals surface area contributed by atoms with Crippen molar-refractivity contribution in [2.45, 2.75) is 44.9 Å². The van der Waals surface area contributed by atoms with Crippen molar-refractivity contribution in [3.05, 3.63) is 24.2 Å². The fourth-order valence-electron chi connectivity index (χ4n) is 2.88. The van der Waals surface area contributed by atoms with Crippen LogP contribution in [0.5, 0.6) is 0 Å². The summed E-state index contributed by atoms with van der Waals surface area (Å²) in [7, 11) is 0. The second kappa shape index (κ2) is 6.09. The van der Waals surface area contributed by atoms with Crippen LogP contribution in [-0.2, 0) is 0 Å². The Morgan fingerprint density at radius 3 is 2.94 bits per heavy atom. The monoisotopic (exact) mass is 221 g/mol. The summed E-state index contributed by atoms with van der Waals surface area (Å²) in [6, 6.07) is 2.15. The van der Waals surface area contributed by atoms with E-state index in [1.807, 2.05) is 12.5 Å². The first-order chi connectivity index (χ1) is 7.92. The van der Waals surface area contributed by atoms with Gasteiger partial charge in [0.25, 0.3) is 0 Å². The third-order valence-electron chi connectivity index (χ3n) is 3.79. The average Bonchev–Trinajstić information content (AvgIpc) is 2.73. The Hall–Kier alpha value is -0.760. The summed E-state index contributed by atoms with van der Waals surface area (Å²) in [6.45, 7) is 4.42. The Labute approximate surface area is 98.4 Å². The van der Waals surface area contributed by atoms with Crippen molar-refractivity contribution in [2.75, 3.05) is 13.1 Å². The first-order valence-corrected chi connectivity index (χ1v) is 6.64. The van der Waals surface area contributed by atoms with Gasteiger partial charge in [0.1, 0.15) is 0 Å². The van der Waals surface area contributed by atoms with E-state index < -0.39 is 0 Å². The van der Waals surface area contributed by atoms with Crippen LogP contribution in [0.2, 0.25) is 0 Å². The zero-order chi connectivity index (χ0) is 11.2. The minimum absolute atomic E-state index is 0.709. The zero-order valence-corrected chi connectivity index (χ0v) is 10.2. The van der Waals surface area contributed by atoms with Crippen LogP contribution in [0.1, 0.15) is 50.5 Å². The van der Waals surface area contributed by atoms with Crippen molar-refractivity contribution < 1.29 is 4.42 Å². The van der Waals surface area contributed by atoms with Gasteiger partial charge in [-0.2, -0.15) is 0 Å². The van der Waals surface area contributed by atoms with Gasteiger partial charge in [0, 0.05) is 0 Å². The average molecular weight is 221 g/mol. The van der Waals surface area contributed by atoms with Gasteiger partial charge in [0.05, 0.1) is 12.5 Å². The fourth-order valence-corrected chi connectivity index (χ4v) is 2.88. The largest absolute Gasteiger partial charge is 0.472 e. The van der Waals surface area contributed by atoms with Gasteiger partial charge < -0.3 is 9.73 Å². The van der Waals surface area contributed by atoms with Crippen LogP contribution in [0.4, 0.5) is 0 Å². The molecule has 1 N–H and O–H groups in total. The molecule has 0 aromatic carbocycles. The fraction of sp³-hybridized carbons (Fsp3) is 0.714. The van der Waals surface area contributed by atoms with Gasteiger partial charge in [0.15, 0.2) is 0 Å². The Balaban J connectivity index is 2.04. The predicted molar refractivity (Wildman–Crippen MR) is 66.6 cm³/mol. The first kappa shape index (κ1) is 11.7. The molecule has 1 aliphatic carbocycles. The summed E-state index contributed by atoms with van der Waals surface area (Å²) in [5.74, 6) is 1.50. The van der Waals surface area contributed by atoms with Crippen LogP contribution in [0.3, 0.4) is 0 Å². The van der Waals surface area contributed by atoms with Gasteiger partial charge in [-0.3, -0.25) is 0 Å². The molecule has 1 heterocycles. The Morgan fingerprint density at radius 1 is 1.31 bits per heavy atom. The van der Waals surface area contributed by atoms with Crippen LogP contribution in [0.25, 0.3) is 0 Å². The molecule has 1 saturated carbocycles. The van der Waals surface area contributed by atoms with Gasteiger partial charge in [-0.25, -0.2) is 0 Å². The standard InChI is InChI=1S/C14H23NO/c1-2-15-10-12-6-4-3-5-7-14(12)13-8-9-16-11-13/h8-9,11-12,14-15H,2-7,10H2,1H3. The number of rotatable bonds is 4. The van der Waals surface area contributed by atoms with Gasteiger partial charge in [0.2, 0.25) is 0 Å². The minimum Gasteiger partial charge on any atom is -0.472 e. The highest BCUT2D eigenvalue weighted by Crippen LogP contribution is 2.36. The Kier molecular flexibility index (Phi) is 4.46. The molecule has 1 aliphatic rings. The Bertz CT molecular complexity index is 281. The molecule has 0 saturated heterocycles. The predicted octanol–water partition coefficient (Wildman–Crippen LogP) is 3.55. The lowest BCUT2D eigenvalue weighted by Gasteiger charge is -2.24. The maximum atomic E-state index is 5.24. The summed E-state index contributed by atoms with van der Waals surface area (Å²) in [5, 5.41) is 3.51. The lowest BCUT2D eigenvalue weighted by atomic mass is 9.83. The normalized spacial score (nSPS) is 26.6. The maximum absolute atomic E-state index is 5.24. The maximum Gasteiger partial charge on any atom is 0.0937 e. The van der Waals surface area contributed by atoms with E-state index in [2.05, 4.69) is 18.3 Å². The number of furan rings is 1. The van der Waals surface area contributed by atoms with Crippen molar-refractivity contribution in [1.29, 1.82) is 0 Å². The summed E-state index contributed by atoms with van der Waals surface area (Å²) >= 11 is 0. The van der Waals surface area contributed by atoms with Crippen molar-refractivity contribution >= 4 is 0 Å². The van der Waals surface area contributed by atoms with Crippen LogP contribution in [-0.4, -0.2) is 13.1 Å². The molecule has 2 nitrogen and oxygen atoms in total. The van der Waals surface area contributed by atoms with Crippen molar-refractivity contribution in [3.63, 3.8) is 0 Å². The smallest absolute Gasteiger partial charge is 0.0937 e. The molecule has 2 atom stereocenters. The van der Waals surface area contributed by atoms with Gasteiger partial charge in [-0.15, -0.1) is 0 Å². The SMILES string of the molecule is CCNCC1CCCCCC1c1ccoc1. The van der Waals surface area contributed by atoms with E-state index in [9.17, 15) is 0 Å². The second-order valence-corrected chi connectivity index (χ2v) is 4.87. The molecule has 1 aromatic heterocycles. The highest BCUT2D eigenvalue weighted by molar-refractivity contribution is 5.14. The number of nitrogens with one attached hydrogen (secondary N) is 1. The molecule has 1 fully saturated rings. The molecule has 0 amide bonds. The van der Waals surface area contributed by atoms with E-state index >= 15 is 0 Å². The van der Waals surface area contributed by atoms with E-state index in [0.29, 0.717) is 5.92 Å². The third-order valence-corrected chi connectivity index (χ3v) is 3.79. The minimum atomic E-state index is 0.709. The molecule has 16 heavy (non-hydrogen) atoms. The molecule has 0 aliphatic heterocycles. The van der Waals surface area contributed by atoms with Gasteiger partial charge in [-0.1, -0.05) is 26.2 Å². The van der Waals surface area contributed by atoms with Crippen molar-refractivity contribution in [2.24, 2.45) is 5.92 Å². The van der Waals surface area contributed by atoms with E-state index in [1.54, 1.807) is 0 Å². The molecule has 0 spiro atoms. The molecule has 2 unspecified atom stereocenters. The highest BCUT2D eigenvalue weighted by atomic mass is 16.3. The highest BCUT2D eigenvalue weighted by Gasteiger charge is 2.25. The molecular weight excluding hydrogens is 198 g/mol. The second-order valence-electron chi connectivity index (χ2n) is 4.87. The quantitative estimate of drug-likeness (QED) is 0.786. The summed E-state index contributed by atoms with van der Waals surface area (Å²) in [5.41, 5.74) is 1.41. The van der Waals surface area contributed by atoms with E-state index in [0.717, 1.165) is 19.0 Å². The molecule has 2 heteroatoms. The Morgan fingerprint density at radius 2 is 2.19 bits per heavy atom. The zero-order valence-electron chi connectivity index (χ0n) is 10.2. The summed E-state index contributed by atoms with van der Waals surface area (Å²) in [4.78, 5) is 0. The first-order valence-electron chi connectivity index (χ1n) is 6.64. The number of hydrogen-bond donors (Lipinski definition) is 1. The molecular formula is C14H23NO. The van der Waals surface area contributed by atoms with Gasteiger partial charge >= 0.3 is 0 Å². The van der Waals surface area contributed by atoms with Crippen LogP contribution < -0.4 is 5.32 Å². The van der Waals surface area contributed by atoms with Gasteiger partial charge in [-0.05, 0) is 49.4 Å². The van der Waals surface area contributed by atoms with E-state index in [4.69, 9.17) is 4.42 Å². The van der Waals surface area contributed by atoms with Crippen molar-refractivity contribution in [3.8, 4) is 0 Å². The molecule has 2 rings (SSSR count). The van der Waals surface area contributed by atoms with Crippen LogP contribution in [0, 0.1) is 5.92 Å². The van der Waals surface area contributed by atoms with E-state index in [-0.39, 0.29) is 0 Å². The lowest BCUT2D eigenvalue weighted by Crippen LogP contribution is -2.26. The number of hydrogen-bond acceptors (Lipinski definition) is 2. The van der Waals surface area contributed by atoms with Crippen LogP contribution in [0.15, 0.2) is 23.0 Å². The lowest BCUT2D eigenvalue weighted by molar-refractivity contribution is 0.376. The molecule has 0 radical (unpaired) electrons. The molecule has 0 bridgehead atoms. The van der Waals surface area contributed by atoms with Crippen LogP contribution >= 0.6 is 0 Å². The molecule has 1 aromatic rings. The topological polar surface area (TPSA) is 25.2 Å². The molecule has 90 valence electrons.